The molecule has 0 bridgehead atoms. The van der Waals surface area contributed by atoms with Crippen LogP contribution in [-0.4, -0.2) is 19.6 Å². The van der Waals surface area contributed by atoms with Gasteiger partial charge < -0.3 is 1.43 Å². The van der Waals surface area contributed by atoms with Crippen molar-refractivity contribution in [3.8, 4) is 0 Å². The van der Waals surface area contributed by atoms with E-state index in [9.17, 15) is 8.42 Å². The van der Waals surface area contributed by atoms with Gasteiger partial charge in [0, 0.05) is 0 Å². The van der Waals surface area contributed by atoms with Crippen molar-refractivity contribution in [3.63, 3.8) is 0 Å². The molecule has 0 aliphatic heterocycles. The van der Waals surface area contributed by atoms with Crippen molar-refractivity contribution in [2.75, 3.05) is 6.61 Å². The van der Waals surface area contributed by atoms with Crippen molar-refractivity contribution >= 4 is 10.4 Å². The molecule has 0 saturated carbocycles. The predicted molar refractivity (Wildman–Crippen MR) is 84.3 cm³/mol. The standard InChI is InChI=1S/C15H32O4S.Na.H/c1-2-3-4-5-6-7-8-9-10-11-12-13-14-15-19-20(16,17)18;;/h2-15H2,1H3,(H,16,17,18);;/q;+1;-1. The van der Waals surface area contributed by atoms with Gasteiger partial charge in [-0.3, -0.25) is 4.55 Å². The van der Waals surface area contributed by atoms with Crippen LogP contribution in [0.4, 0.5) is 0 Å². The Morgan fingerprint density at radius 1 is 0.762 bits per heavy atom. The molecular weight excluding hydrogens is 299 g/mol. The largest absolute Gasteiger partial charge is 1.00 e. The van der Waals surface area contributed by atoms with E-state index in [2.05, 4.69) is 11.1 Å². The van der Waals surface area contributed by atoms with Crippen LogP contribution < -0.4 is 29.6 Å². The fourth-order valence-corrected chi connectivity index (χ4v) is 2.61. The van der Waals surface area contributed by atoms with Crippen LogP contribution in [0.2, 0.25) is 0 Å². The zero-order chi connectivity index (χ0) is 15.1. The molecule has 0 unspecified atom stereocenters. The van der Waals surface area contributed by atoms with Crippen LogP contribution in [0.15, 0.2) is 0 Å². The zero-order valence-corrected chi connectivity index (χ0v) is 16.8. The van der Waals surface area contributed by atoms with E-state index in [4.69, 9.17) is 4.55 Å². The number of hydrogen-bond donors (Lipinski definition) is 1. The van der Waals surface area contributed by atoms with Gasteiger partial charge in [-0.2, -0.15) is 8.42 Å². The quantitative estimate of drug-likeness (QED) is 0.283. The van der Waals surface area contributed by atoms with Gasteiger partial charge in [0.05, 0.1) is 6.61 Å². The SMILES string of the molecule is CCCCCCCCCCCCCCCOS(=O)(=O)O.[H-].[Na+]. The van der Waals surface area contributed by atoms with Gasteiger partial charge in [-0.05, 0) is 6.42 Å². The molecular formula is C15H33NaO4S. The van der Waals surface area contributed by atoms with Crippen molar-refractivity contribution in [2.24, 2.45) is 0 Å². The summed E-state index contributed by atoms with van der Waals surface area (Å²) < 4.78 is 33.2. The predicted octanol–water partition coefficient (Wildman–Crippen LogP) is 2.01. The Labute approximate surface area is 155 Å². The molecule has 0 heterocycles. The molecule has 21 heavy (non-hydrogen) atoms. The second kappa shape index (κ2) is 17.2. The van der Waals surface area contributed by atoms with E-state index >= 15 is 0 Å². The molecule has 0 aromatic carbocycles. The maximum Gasteiger partial charge on any atom is 1.00 e. The summed E-state index contributed by atoms with van der Waals surface area (Å²) in [6, 6.07) is 0. The molecule has 0 aliphatic rings. The minimum atomic E-state index is -4.24. The second-order valence-electron chi connectivity index (χ2n) is 5.49. The van der Waals surface area contributed by atoms with Gasteiger partial charge in [-0.1, -0.05) is 84.0 Å². The second-order valence-corrected chi connectivity index (χ2v) is 6.58. The minimum absolute atomic E-state index is 0. The van der Waals surface area contributed by atoms with Crippen LogP contribution in [0, 0.1) is 0 Å². The maximum atomic E-state index is 10.3. The van der Waals surface area contributed by atoms with E-state index < -0.39 is 10.4 Å². The molecule has 0 rings (SSSR count). The molecule has 0 amide bonds. The first-order chi connectivity index (χ1) is 9.56. The number of rotatable bonds is 15. The van der Waals surface area contributed by atoms with Crippen LogP contribution in [0.3, 0.4) is 0 Å². The Morgan fingerprint density at radius 3 is 1.43 bits per heavy atom. The third-order valence-corrected chi connectivity index (χ3v) is 3.94. The van der Waals surface area contributed by atoms with Gasteiger partial charge in [0.15, 0.2) is 0 Å². The molecule has 0 fully saturated rings. The van der Waals surface area contributed by atoms with E-state index in [1.54, 1.807) is 0 Å². The van der Waals surface area contributed by atoms with Gasteiger partial charge in [0.25, 0.3) is 0 Å². The smallest absolute Gasteiger partial charge is 1.00 e. The van der Waals surface area contributed by atoms with E-state index in [0.717, 1.165) is 12.8 Å². The molecule has 0 saturated heterocycles. The van der Waals surface area contributed by atoms with Crippen LogP contribution in [-0.2, 0) is 14.6 Å². The van der Waals surface area contributed by atoms with Crippen molar-refractivity contribution < 1.29 is 48.1 Å². The minimum Gasteiger partial charge on any atom is -1.00 e. The van der Waals surface area contributed by atoms with Gasteiger partial charge in [0.2, 0.25) is 0 Å². The summed E-state index contributed by atoms with van der Waals surface area (Å²) in [5.41, 5.74) is 0. The Kier molecular flexibility index (Phi) is 19.8. The maximum absolute atomic E-state index is 10.3. The van der Waals surface area contributed by atoms with Gasteiger partial charge in [0.1, 0.15) is 0 Å². The zero-order valence-electron chi connectivity index (χ0n) is 15.0. The normalized spacial score (nSPS) is 11.3. The third kappa shape index (κ3) is 23.3. The van der Waals surface area contributed by atoms with Crippen LogP contribution in [0.1, 0.15) is 91.8 Å². The Morgan fingerprint density at radius 2 is 1.10 bits per heavy atom. The van der Waals surface area contributed by atoms with E-state index in [-0.39, 0.29) is 37.6 Å². The first-order valence-corrected chi connectivity index (χ1v) is 9.54. The summed E-state index contributed by atoms with van der Waals surface area (Å²) in [6.45, 7) is 2.34. The van der Waals surface area contributed by atoms with E-state index in [1.807, 2.05) is 0 Å². The van der Waals surface area contributed by atoms with Crippen molar-refractivity contribution in [1.29, 1.82) is 0 Å². The summed E-state index contributed by atoms with van der Waals surface area (Å²) in [5.74, 6) is 0. The van der Waals surface area contributed by atoms with E-state index in [1.165, 1.54) is 64.2 Å². The monoisotopic (exact) mass is 332 g/mol. The Hall–Kier alpha value is 0.870. The van der Waals surface area contributed by atoms with Gasteiger partial charge in [-0.25, -0.2) is 4.18 Å². The fourth-order valence-electron chi connectivity index (χ4n) is 2.28. The first-order valence-electron chi connectivity index (χ1n) is 8.18. The van der Waals surface area contributed by atoms with E-state index in [0.29, 0.717) is 6.42 Å². The number of unbranched alkanes of at least 4 members (excludes halogenated alkanes) is 12. The summed E-state index contributed by atoms with van der Waals surface area (Å²) in [4.78, 5) is 0. The molecule has 4 nitrogen and oxygen atoms in total. The average molecular weight is 332 g/mol. The van der Waals surface area contributed by atoms with Gasteiger partial charge in [-0.15, -0.1) is 0 Å². The Bertz CT molecular complexity index is 300. The molecule has 0 aliphatic carbocycles. The van der Waals surface area contributed by atoms with Crippen LogP contribution in [0.5, 0.6) is 0 Å². The molecule has 1 N–H and O–H groups in total. The molecule has 124 valence electrons. The number of hydrogen-bond acceptors (Lipinski definition) is 3. The molecule has 0 atom stereocenters. The molecule has 6 heteroatoms. The average Bonchev–Trinajstić information content (AvgIpc) is 2.38. The molecule has 0 radical (unpaired) electrons. The summed E-state index contributed by atoms with van der Waals surface area (Å²) in [5, 5.41) is 0. The molecule has 0 spiro atoms. The third-order valence-electron chi connectivity index (χ3n) is 3.48. The van der Waals surface area contributed by atoms with Crippen LogP contribution >= 0.6 is 0 Å². The summed E-state index contributed by atoms with van der Waals surface area (Å²) in [7, 11) is -4.24. The van der Waals surface area contributed by atoms with Crippen LogP contribution in [0.25, 0.3) is 0 Å². The summed E-state index contributed by atoms with van der Waals surface area (Å²) >= 11 is 0. The molecule has 0 aromatic rings. The van der Waals surface area contributed by atoms with Crippen molar-refractivity contribution in [2.45, 2.75) is 90.4 Å². The fraction of sp³-hybridized carbons (Fsp3) is 1.00. The molecule has 0 aromatic heterocycles. The first kappa shape index (κ1) is 24.1. The van der Waals surface area contributed by atoms with Gasteiger partial charge >= 0.3 is 40.0 Å². The van der Waals surface area contributed by atoms with Crippen molar-refractivity contribution in [1.82, 2.24) is 0 Å². The Balaban J connectivity index is -0.00000180. The van der Waals surface area contributed by atoms with Crippen molar-refractivity contribution in [3.05, 3.63) is 0 Å². The summed E-state index contributed by atoms with van der Waals surface area (Å²) in [6.07, 6.45) is 16.1. The topological polar surface area (TPSA) is 63.6 Å².